The maximum Gasteiger partial charge on any atom is 0.329 e. The summed E-state index contributed by atoms with van der Waals surface area (Å²) in [5, 5.41) is 14.8. The average Bonchev–Trinajstić information content (AvgIpc) is 3.19. The van der Waals surface area contributed by atoms with Crippen LogP contribution >= 0.6 is 11.6 Å². The molecule has 4 rings (SSSR count). The number of para-hydroxylation sites is 1. The molecule has 4 amide bonds. The highest BCUT2D eigenvalue weighted by atomic mass is 35.5. The minimum Gasteiger partial charge on any atom is -0.493 e. The van der Waals surface area contributed by atoms with Gasteiger partial charge in [-0.15, -0.1) is 0 Å². The number of hydrogen-bond acceptors (Lipinski definition) is 6. The molecule has 1 heterocycles. The van der Waals surface area contributed by atoms with E-state index in [9.17, 15) is 19.6 Å². The number of aryl methyl sites for hydroxylation is 1. The number of nitrogens with zero attached hydrogens (tertiary/aromatic N) is 2. The fourth-order valence-corrected chi connectivity index (χ4v) is 4.31. The van der Waals surface area contributed by atoms with Gasteiger partial charge in [-0.05, 0) is 47.9 Å². The van der Waals surface area contributed by atoms with Crippen molar-refractivity contribution in [1.29, 1.82) is 5.26 Å². The Hall–Kier alpha value is -4.81. The number of rotatable bonds is 9. The summed E-state index contributed by atoms with van der Waals surface area (Å²) in [6, 6.07) is 18.9. The van der Waals surface area contributed by atoms with E-state index in [1.54, 1.807) is 48.5 Å². The molecule has 198 valence electrons. The fraction of sp³-hybridized carbons (Fsp3) is 0.172. The minimum atomic E-state index is -0.709. The van der Waals surface area contributed by atoms with Gasteiger partial charge in [-0.25, -0.2) is 9.69 Å². The van der Waals surface area contributed by atoms with E-state index in [4.69, 9.17) is 21.1 Å². The highest BCUT2D eigenvalue weighted by molar-refractivity contribution is 6.32. The van der Waals surface area contributed by atoms with Crippen LogP contribution in [0.1, 0.15) is 29.2 Å². The van der Waals surface area contributed by atoms with E-state index in [-0.39, 0.29) is 23.1 Å². The molecule has 0 bridgehead atoms. The Morgan fingerprint density at radius 2 is 1.85 bits per heavy atom. The molecule has 9 nitrogen and oxygen atoms in total. The maximum absolute atomic E-state index is 12.9. The molecule has 1 fully saturated rings. The monoisotopic (exact) mass is 544 g/mol. The highest BCUT2D eigenvalue weighted by Gasteiger charge is 2.35. The third-order valence-corrected chi connectivity index (χ3v) is 6.29. The molecule has 1 aliphatic heterocycles. The van der Waals surface area contributed by atoms with Crippen molar-refractivity contribution < 1.29 is 23.9 Å². The van der Waals surface area contributed by atoms with Crippen molar-refractivity contribution >= 4 is 41.2 Å². The summed E-state index contributed by atoms with van der Waals surface area (Å²) in [5.41, 5.74) is 3.19. The van der Waals surface area contributed by atoms with Crippen LogP contribution in [0.25, 0.3) is 6.08 Å². The first kappa shape index (κ1) is 27.2. The fourth-order valence-electron chi connectivity index (χ4n) is 4.03. The van der Waals surface area contributed by atoms with E-state index in [0.717, 1.165) is 16.9 Å². The molecule has 3 aromatic carbocycles. The Kier molecular flexibility index (Phi) is 8.49. The molecule has 1 saturated heterocycles. The number of carbonyl (C=O) groups is 3. The van der Waals surface area contributed by atoms with Crippen molar-refractivity contribution in [2.24, 2.45) is 0 Å². The smallest absolute Gasteiger partial charge is 0.329 e. The number of amides is 4. The van der Waals surface area contributed by atoms with Crippen LogP contribution in [-0.2, 0) is 22.6 Å². The van der Waals surface area contributed by atoms with E-state index in [1.165, 1.54) is 13.2 Å². The Balaban J connectivity index is 1.48. The largest absolute Gasteiger partial charge is 0.493 e. The van der Waals surface area contributed by atoms with Crippen molar-refractivity contribution in [2.45, 2.75) is 20.0 Å². The number of halogens is 1. The number of imide groups is 1. The first-order valence-electron chi connectivity index (χ1n) is 12.0. The van der Waals surface area contributed by atoms with E-state index in [1.807, 2.05) is 19.1 Å². The van der Waals surface area contributed by atoms with Crippen LogP contribution in [0.2, 0.25) is 5.02 Å². The van der Waals surface area contributed by atoms with E-state index < -0.39 is 24.4 Å². The lowest BCUT2D eigenvalue weighted by molar-refractivity contribution is -0.127. The summed E-state index contributed by atoms with van der Waals surface area (Å²) in [4.78, 5) is 38.9. The first-order chi connectivity index (χ1) is 18.8. The first-order valence-corrected chi connectivity index (χ1v) is 12.4. The van der Waals surface area contributed by atoms with E-state index >= 15 is 0 Å². The maximum atomic E-state index is 12.9. The second kappa shape index (κ2) is 12.2. The van der Waals surface area contributed by atoms with Gasteiger partial charge in [-0.3, -0.25) is 9.59 Å². The van der Waals surface area contributed by atoms with Crippen LogP contribution in [0.3, 0.4) is 0 Å². The number of methoxy groups -OCH3 is 1. The lowest BCUT2D eigenvalue weighted by Crippen LogP contribution is -2.38. The number of nitrogens with one attached hydrogen (secondary N) is 2. The van der Waals surface area contributed by atoms with E-state index in [0.29, 0.717) is 28.1 Å². The van der Waals surface area contributed by atoms with Crippen LogP contribution in [0.5, 0.6) is 11.5 Å². The summed E-state index contributed by atoms with van der Waals surface area (Å²) in [6.07, 6.45) is 2.16. The lowest BCUT2D eigenvalue weighted by atomic mass is 10.1. The van der Waals surface area contributed by atoms with Crippen molar-refractivity contribution in [2.75, 3.05) is 19.0 Å². The zero-order valence-corrected chi connectivity index (χ0v) is 22.0. The Morgan fingerprint density at radius 1 is 1.13 bits per heavy atom. The van der Waals surface area contributed by atoms with Crippen LogP contribution in [-0.4, -0.2) is 36.4 Å². The standard InChI is InChI=1S/C29H25ClN4O5/c1-3-19-8-6-7-11-23(19)32-26(35)16-34-28(36)24(33-29(34)37)13-18-12-22(30)27(25(14-18)38-2)39-17-21-10-5-4-9-20(21)15-31/h4-14H,3,16-17H2,1-2H3,(H,32,35)(H,33,37)/b24-13+. The third kappa shape index (κ3) is 6.20. The van der Waals surface area contributed by atoms with Gasteiger partial charge in [-0.2, -0.15) is 5.26 Å². The zero-order chi connectivity index (χ0) is 27.9. The van der Waals surface area contributed by atoms with E-state index in [2.05, 4.69) is 16.7 Å². The summed E-state index contributed by atoms with van der Waals surface area (Å²) in [5.74, 6) is -0.583. The summed E-state index contributed by atoms with van der Waals surface area (Å²) >= 11 is 6.47. The van der Waals surface area contributed by atoms with Gasteiger partial charge >= 0.3 is 6.03 Å². The van der Waals surface area contributed by atoms with Crippen LogP contribution in [0, 0.1) is 11.3 Å². The SMILES string of the molecule is CCc1ccccc1NC(=O)CN1C(=O)N/C(=C/c2cc(Cl)c(OCc3ccccc3C#N)c(OC)c2)C1=O. The molecular formula is C29H25ClN4O5. The second-order valence-corrected chi connectivity index (χ2v) is 8.94. The van der Waals surface area contributed by atoms with Gasteiger partial charge < -0.3 is 20.1 Å². The molecule has 0 aliphatic carbocycles. The predicted molar refractivity (Wildman–Crippen MR) is 146 cm³/mol. The normalized spacial score (nSPS) is 13.7. The molecule has 10 heteroatoms. The van der Waals surface area contributed by atoms with Crippen molar-refractivity contribution in [3.05, 3.63) is 93.6 Å². The number of carbonyl (C=O) groups excluding carboxylic acids is 3. The molecule has 1 aliphatic rings. The molecule has 0 spiro atoms. The van der Waals surface area contributed by atoms with Crippen molar-refractivity contribution in [3.8, 4) is 17.6 Å². The number of anilines is 1. The van der Waals surface area contributed by atoms with Crippen LogP contribution in [0.15, 0.2) is 66.4 Å². The summed E-state index contributed by atoms with van der Waals surface area (Å²) in [7, 11) is 1.44. The molecular weight excluding hydrogens is 520 g/mol. The summed E-state index contributed by atoms with van der Waals surface area (Å²) in [6.45, 7) is 1.61. The number of hydrogen-bond donors (Lipinski definition) is 2. The van der Waals surface area contributed by atoms with Gasteiger partial charge in [0.15, 0.2) is 11.5 Å². The van der Waals surface area contributed by atoms with Gasteiger partial charge in [0.05, 0.1) is 23.8 Å². The molecule has 0 saturated carbocycles. The molecule has 0 atom stereocenters. The quantitative estimate of drug-likeness (QED) is 0.292. The van der Waals surface area contributed by atoms with Crippen LogP contribution in [0.4, 0.5) is 10.5 Å². The average molecular weight is 545 g/mol. The minimum absolute atomic E-state index is 0.0171. The lowest BCUT2D eigenvalue weighted by Gasteiger charge is -2.14. The Labute approximate surface area is 230 Å². The number of ether oxygens (including phenoxy) is 2. The molecule has 0 radical (unpaired) electrons. The highest BCUT2D eigenvalue weighted by Crippen LogP contribution is 2.38. The Bertz CT molecular complexity index is 1510. The van der Waals surface area contributed by atoms with Gasteiger partial charge in [0.2, 0.25) is 5.91 Å². The number of urea groups is 1. The zero-order valence-electron chi connectivity index (χ0n) is 21.3. The van der Waals surface area contributed by atoms with Gasteiger partial charge in [-0.1, -0.05) is 54.9 Å². The predicted octanol–water partition coefficient (Wildman–Crippen LogP) is 4.89. The van der Waals surface area contributed by atoms with Gasteiger partial charge in [0.1, 0.15) is 18.8 Å². The Morgan fingerprint density at radius 3 is 2.56 bits per heavy atom. The molecule has 3 aromatic rings. The number of benzene rings is 3. The molecule has 0 unspecified atom stereocenters. The molecule has 2 N–H and O–H groups in total. The molecule has 39 heavy (non-hydrogen) atoms. The molecule has 0 aromatic heterocycles. The van der Waals surface area contributed by atoms with Crippen LogP contribution < -0.4 is 20.1 Å². The van der Waals surface area contributed by atoms with Crippen molar-refractivity contribution in [3.63, 3.8) is 0 Å². The number of nitriles is 1. The topological polar surface area (TPSA) is 121 Å². The summed E-state index contributed by atoms with van der Waals surface area (Å²) < 4.78 is 11.3. The van der Waals surface area contributed by atoms with Crippen molar-refractivity contribution in [1.82, 2.24) is 10.2 Å². The third-order valence-electron chi connectivity index (χ3n) is 6.01. The van der Waals surface area contributed by atoms with Gasteiger partial charge in [0.25, 0.3) is 5.91 Å². The second-order valence-electron chi connectivity index (χ2n) is 8.53. The van der Waals surface area contributed by atoms with Gasteiger partial charge in [0, 0.05) is 11.3 Å².